The quantitative estimate of drug-likeness (QED) is 0.888. The van der Waals surface area contributed by atoms with Gasteiger partial charge in [0.25, 0.3) is 0 Å². The first-order valence-electron chi connectivity index (χ1n) is 6.44. The number of ether oxygens (including phenoxy) is 2. The molecular formula is C14H19NO4. The van der Waals surface area contributed by atoms with Gasteiger partial charge in [0, 0.05) is 26.4 Å². The number of aliphatic hydroxyl groups excluding tert-OH is 1. The van der Waals surface area contributed by atoms with Gasteiger partial charge in [0.1, 0.15) is 0 Å². The van der Waals surface area contributed by atoms with Crippen molar-refractivity contribution in [2.45, 2.75) is 19.4 Å². The monoisotopic (exact) mass is 265 g/mol. The lowest BCUT2D eigenvalue weighted by Crippen LogP contribution is -2.26. The van der Waals surface area contributed by atoms with Crippen LogP contribution >= 0.6 is 0 Å². The summed E-state index contributed by atoms with van der Waals surface area (Å²) >= 11 is 0. The van der Waals surface area contributed by atoms with Gasteiger partial charge in [-0.2, -0.15) is 0 Å². The van der Waals surface area contributed by atoms with Crippen molar-refractivity contribution in [3.8, 4) is 11.5 Å². The Morgan fingerprint density at radius 1 is 1.32 bits per heavy atom. The maximum Gasteiger partial charge on any atom is 0.224 e. The predicted octanol–water partition coefficient (Wildman–Crippen LogP) is 1.19. The molecule has 1 amide bonds. The van der Waals surface area contributed by atoms with Gasteiger partial charge >= 0.3 is 0 Å². The number of aliphatic hydroxyl groups is 1. The smallest absolute Gasteiger partial charge is 0.224 e. The van der Waals surface area contributed by atoms with Crippen molar-refractivity contribution in [3.63, 3.8) is 0 Å². The topological polar surface area (TPSA) is 59.0 Å². The van der Waals surface area contributed by atoms with Crippen LogP contribution in [0.2, 0.25) is 0 Å². The van der Waals surface area contributed by atoms with E-state index >= 15 is 0 Å². The van der Waals surface area contributed by atoms with E-state index in [-0.39, 0.29) is 18.9 Å². The molecule has 0 saturated heterocycles. The number of fused-ring (bicyclic) bond motifs is 1. The molecular weight excluding hydrogens is 246 g/mol. The molecule has 104 valence electrons. The van der Waals surface area contributed by atoms with Crippen molar-refractivity contribution < 1.29 is 19.4 Å². The molecule has 0 aliphatic carbocycles. The third-order valence-corrected chi connectivity index (χ3v) is 2.98. The lowest BCUT2D eigenvalue weighted by Gasteiger charge is -2.17. The van der Waals surface area contributed by atoms with Crippen LogP contribution in [0.1, 0.15) is 18.4 Å². The van der Waals surface area contributed by atoms with Crippen molar-refractivity contribution in [1.82, 2.24) is 4.90 Å². The van der Waals surface area contributed by atoms with Gasteiger partial charge < -0.3 is 19.5 Å². The molecule has 1 aromatic rings. The lowest BCUT2D eigenvalue weighted by molar-refractivity contribution is -0.131. The van der Waals surface area contributed by atoms with Gasteiger partial charge in [0.15, 0.2) is 11.5 Å². The largest absolute Gasteiger partial charge is 0.490 e. The standard InChI is InChI=1S/C14H19NO4/c1-15(14(17)5-6-16)10-11-3-4-12-13(9-11)19-8-2-7-18-12/h3-4,9,16H,2,5-8,10H2,1H3. The fourth-order valence-electron chi connectivity index (χ4n) is 1.95. The van der Waals surface area contributed by atoms with Crippen molar-refractivity contribution >= 4 is 5.91 Å². The van der Waals surface area contributed by atoms with Crippen LogP contribution in [0.25, 0.3) is 0 Å². The molecule has 2 rings (SSSR count). The lowest BCUT2D eigenvalue weighted by atomic mass is 10.2. The summed E-state index contributed by atoms with van der Waals surface area (Å²) in [5.74, 6) is 1.42. The Morgan fingerprint density at radius 2 is 2.05 bits per heavy atom. The van der Waals surface area contributed by atoms with Crippen LogP contribution in [0.3, 0.4) is 0 Å². The van der Waals surface area contributed by atoms with Crippen molar-refractivity contribution in [2.24, 2.45) is 0 Å². The average molecular weight is 265 g/mol. The number of rotatable bonds is 4. The minimum absolute atomic E-state index is 0.0744. The summed E-state index contributed by atoms with van der Waals surface area (Å²) in [4.78, 5) is 13.2. The molecule has 0 saturated carbocycles. The maximum atomic E-state index is 11.6. The van der Waals surface area contributed by atoms with E-state index in [2.05, 4.69) is 0 Å². The number of carbonyl (C=O) groups excluding carboxylic acids is 1. The third kappa shape index (κ3) is 3.61. The van der Waals surface area contributed by atoms with Crippen LogP contribution in [0.5, 0.6) is 11.5 Å². The molecule has 0 atom stereocenters. The van der Waals surface area contributed by atoms with Gasteiger partial charge in [-0.25, -0.2) is 0 Å². The van der Waals surface area contributed by atoms with Crippen molar-refractivity contribution in [1.29, 1.82) is 0 Å². The van der Waals surface area contributed by atoms with Crippen LogP contribution in [0.15, 0.2) is 18.2 Å². The van der Waals surface area contributed by atoms with Crippen molar-refractivity contribution in [3.05, 3.63) is 23.8 Å². The van der Waals surface area contributed by atoms with Gasteiger partial charge in [0.2, 0.25) is 5.91 Å². The zero-order valence-electron chi connectivity index (χ0n) is 11.1. The Hall–Kier alpha value is -1.75. The van der Waals surface area contributed by atoms with E-state index < -0.39 is 0 Å². The molecule has 5 nitrogen and oxygen atoms in total. The second-order valence-electron chi connectivity index (χ2n) is 4.55. The van der Waals surface area contributed by atoms with Gasteiger partial charge in [-0.15, -0.1) is 0 Å². The molecule has 5 heteroatoms. The fourth-order valence-corrected chi connectivity index (χ4v) is 1.95. The summed E-state index contributed by atoms with van der Waals surface area (Å²) in [5.41, 5.74) is 0.984. The molecule has 0 fully saturated rings. The number of hydrogen-bond acceptors (Lipinski definition) is 4. The summed E-state index contributed by atoms with van der Waals surface area (Å²) in [6, 6.07) is 5.71. The Morgan fingerprint density at radius 3 is 2.79 bits per heavy atom. The zero-order chi connectivity index (χ0) is 13.7. The molecule has 0 bridgehead atoms. The summed E-state index contributed by atoms with van der Waals surface area (Å²) in [6.45, 7) is 1.69. The highest BCUT2D eigenvalue weighted by molar-refractivity contribution is 5.75. The first kappa shape index (κ1) is 13.7. The Bertz CT molecular complexity index is 447. The first-order chi connectivity index (χ1) is 9.20. The van der Waals surface area contributed by atoms with Crippen LogP contribution in [0.4, 0.5) is 0 Å². The first-order valence-corrected chi connectivity index (χ1v) is 6.44. The average Bonchev–Trinajstić information content (AvgIpc) is 2.63. The van der Waals surface area contributed by atoms with E-state index in [9.17, 15) is 4.79 Å². The molecule has 1 aliphatic rings. The van der Waals surface area contributed by atoms with E-state index in [1.165, 1.54) is 0 Å². The number of hydrogen-bond donors (Lipinski definition) is 1. The molecule has 1 aromatic carbocycles. The Labute approximate surface area is 112 Å². The molecule has 0 aromatic heterocycles. The summed E-state index contributed by atoms with van der Waals surface area (Å²) in [6.07, 6.45) is 1.03. The summed E-state index contributed by atoms with van der Waals surface area (Å²) < 4.78 is 11.2. The molecule has 0 spiro atoms. The number of carbonyl (C=O) groups is 1. The third-order valence-electron chi connectivity index (χ3n) is 2.98. The molecule has 1 N–H and O–H groups in total. The van der Waals surface area contributed by atoms with E-state index in [0.29, 0.717) is 19.8 Å². The second kappa shape index (κ2) is 6.43. The van der Waals surface area contributed by atoms with Gasteiger partial charge in [-0.3, -0.25) is 4.79 Å². The zero-order valence-corrected chi connectivity index (χ0v) is 11.1. The summed E-state index contributed by atoms with van der Waals surface area (Å²) in [5, 5.41) is 8.76. The Kier molecular flexibility index (Phi) is 4.63. The highest BCUT2D eigenvalue weighted by atomic mass is 16.5. The maximum absolute atomic E-state index is 11.6. The number of amides is 1. The summed E-state index contributed by atoms with van der Waals surface area (Å²) in [7, 11) is 1.72. The number of benzene rings is 1. The van der Waals surface area contributed by atoms with E-state index in [1.54, 1.807) is 11.9 Å². The van der Waals surface area contributed by atoms with E-state index in [1.807, 2.05) is 18.2 Å². The predicted molar refractivity (Wildman–Crippen MR) is 70.2 cm³/mol. The minimum Gasteiger partial charge on any atom is -0.490 e. The Balaban J connectivity index is 2.05. The van der Waals surface area contributed by atoms with E-state index in [4.69, 9.17) is 14.6 Å². The number of nitrogens with zero attached hydrogens (tertiary/aromatic N) is 1. The minimum atomic E-state index is -0.121. The van der Waals surface area contributed by atoms with Gasteiger partial charge in [0.05, 0.1) is 19.8 Å². The molecule has 1 heterocycles. The SMILES string of the molecule is CN(Cc1ccc2c(c1)OCCCO2)C(=O)CCO. The van der Waals surface area contributed by atoms with Crippen LogP contribution < -0.4 is 9.47 Å². The van der Waals surface area contributed by atoms with Crippen molar-refractivity contribution in [2.75, 3.05) is 26.9 Å². The fraction of sp³-hybridized carbons (Fsp3) is 0.500. The highest BCUT2D eigenvalue weighted by Gasteiger charge is 2.13. The van der Waals surface area contributed by atoms with Gasteiger partial charge in [-0.05, 0) is 17.7 Å². The van der Waals surface area contributed by atoms with E-state index in [0.717, 1.165) is 23.5 Å². The van der Waals surface area contributed by atoms with Crippen LogP contribution in [-0.2, 0) is 11.3 Å². The molecule has 0 radical (unpaired) electrons. The normalized spacial score (nSPS) is 13.8. The second-order valence-corrected chi connectivity index (χ2v) is 4.55. The van der Waals surface area contributed by atoms with Gasteiger partial charge in [-0.1, -0.05) is 6.07 Å². The highest BCUT2D eigenvalue weighted by Crippen LogP contribution is 2.30. The van der Waals surface area contributed by atoms with Crippen LogP contribution in [-0.4, -0.2) is 42.8 Å². The molecule has 0 unspecified atom stereocenters. The molecule has 1 aliphatic heterocycles. The van der Waals surface area contributed by atoms with Crippen LogP contribution in [0, 0.1) is 0 Å². The molecule has 19 heavy (non-hydrogen) atoms.